The maximum atomic E-state index is 11.9. The van der Waals surface area contributed by atoms with Crippen LogP contribution in [0.2, 0.25) is 0 Å². The van der Waals surface area contributed by atoms with Crippen LogP contribution in [0.15, 0.2) is 0 Å². The number of alkyl halides is 3. The van der Waals surface area contributed by atoms with E-state index in [0.717, 1.165) is 0 Å². The van der Waals surface area contributed by atoms with Crippen LogP contribution in [0.3, 0.4) is 0 Å². The maximum Gasteiger partial charge on any atom is 0.389 e. The van der Waals surface area contributed by atoms with Crippen LogP contribution in [-0.4, -0.2) is 35.9 Å². The number of carbonyl (C=O) groups excluding carboxylic acids is 1. The number of hydrogen-bond acceptors (Lipinski definition) is 2. The van der Waals surface area contributed by atoms with E-state index >= 15 is 0 Å². The van der Waals surface area contributed by atoms with Crippen molar-refractivity contribution in [3.63, 3.8) is 0 Å². The predicted octanol–water partition coefficient (Wildman–Crippen LogP) is 2.27. The lowest BCUT2D eigenvalue weighted by Gasteiger charge is -2.13. The molecule has 1 saturated carbocycles. The molecule has 0 saturated heterocycles. The molecule has 0 spiro atoms. The van der Waals surface area contributed by atoms with Crippen LogP contribution < -0.4 is 10.6 Å². The molecule has 0 aromatic heterocycles. The van der Waals surface area contributed by atoms with Gasteiger partial charge >= 0.3 is 18.2 Å². The summed E-state index contributed by atoms with van der Waals surface area (Å²) >= 11 is 0. The van der Waals surface area contributed by atoms with Gasteiger partial charge in [-0.15, -0.1) is 0 Å². The second kappa shape index (κ2) is 7.35. The standard InChI is InChI=1S/C12H19F3N2O3/c13-12(14,15)5-1-2-6-16-11(20)17-9-4-3-8(7-9)10(18)19/h8-9H,1-7H2,(H,18,19)(H2,16,17,20)/t8-,9+/m1/s1. The van der Waals surface area contributed by atoms with Crippen LogP contribution in [0.5, 0.6) is 0 Å². The summed E-state index contributed by atoms with van der Waals surface area (Å²) in [4.78, 5) is 22.2. The zero-order valence-corrected chi connectivity index (χ0v) is 11.0. The van der Waals surface area contributed by atoms with Gasteiger partial charge < -0.3 is 15.7 Å². The second-order valence-electron chi connectivity index (χ2n) is 5.02. The van der Waals surface area contributed by atoms with Gasteiger partial charge in [-0.2, -0.15) is 13.2 Å². The van der Waals surface area contributed by atoms with Crippen LogP contribution in [0.25, 0.3) is 0 Å². The molecule has 3 N–H and O–H groups in total. The molecular formula is C12H19F3N2O3. The van der Waals surface area contributed by atoms with Gasteiger partial charge in [-0.3, -0.25) is 4.79 Å². The quantitative estimate of drug-likeness (QED) is 0.658. The molecular weight excluding hydrogens is 277 g/mol. The number of aliphatic carboxylic acids is 1. The molecule has 0 aliphatic heterocycles. The summed E-state index contributed by atoms with van der Waals surface area (Å²) in [6, 6.07) is -0.626. The van der Waals surface area contributed by atoms with Gasteiger partial charge in [-0.25, -0.2) is 4.79 Å². The molecule has 2 amide bonds. The average Bonchev–Trinajstić information content (AvgIpc) is 2.75. The van der Waals surface area contributed by atoms with Crippen molar-refractivity contribution < 1.29 is 27.9 Å². The molecule has 1 aliphatic carbocycles. The number of hydrogen-bond donors (Lipinski definition) is 3. The fourth-order valence-electron chi connectivity index (χ4n) is 2.23. The van der Waals surface area contributed by atoms with Gasteiger partial charge in [0.1, 0.15) is 0 Å². The molecule has 8 heteroatoms. The SMILES string of the molecule is O=C(NCCCCC(F)(F)F)N[C@H]1CC[C@@H](C(=O)O)C1. The highest BCUT2D eigenvalue weighted by Gasteiger charge is 2.30. The van der Waals surface area contributed by atoms with E-state index in [9.17, 15) is 22.8 Å². The largest absolute Gasteiger partial charge is 0.481 e. The number of amides is 2. The Morgan fingerprint density at radius 2 is 1.90 bits per heavy atom. The number of carbonyl (C=O) groups is 2. The van der Waals surface area contributed by atoms with Gasteiger partial charge in [-0.1, -0.05) is 0 Å². The first-order valence-corrected chi connectivity index (χ1v) is 6.62. The zero-order chi connectivity index (χ0) is 15.2. The number of carboxylic acid groups (broad SMARTS) is 1. The van der Waals surface area contributed by atoms with E-state index < -0.39 is 30.5 Å². The highest BCUT2D eigenvalue weighted by Crippen LogP contribution is 2.25. The predicted molar refractivity (Wildman–Crippen MR) is 65.2 cm³/mol. The molecule has 2 atom stereocenters. The van der Waals surface area contributed by atoms with Crippen molar-refractivity contribution >= 4 is 12.0 Å². The summed E-state index contributed by atoms with van der Waals surface area (Å²) in [6.07, 6.45) is -3.22. The second-order valence-corrected chi connectivity index (χ2v) is 5.02. The summed E-state index contributed by atoms with van der Waals surface area (Å²) in [6.45, 7) is 0.178. The summed E-state index contributed by atoms with van der Waals surface area (Å²) in [7, 11) is 0. The summed E-state index contributed by atoms with van der Waals surface area (Å²) in [5, 5.41) is 13.9. The van der Waals surface area contributed by atoms with Crippen LogP contribution in [0.1, 0.15) is 38.5 Å². The van der Waals surface area contributed by atoms with Gasteiger partial charge in [0.15, 0.2) is 0 Å². The number of halogens is 3. The molecule has 1 fully saturated rings. The summed E-state index contributed by atoms with van der Waals surface area (Å²) < 4.78 is 35.6. The zero-order valence-electron chi connectivity index (χ0n) is 11.0. The van der Waals surface area contributed by atoms with Crippen molar-refractivity contribution in [3.05, 3.63) is 0 Å². The molecule has 1 aliphatic rings. The monoisotopic (exact) mass is 296 g/mol. The molecule has 0 bridgehead atoms. The van der Waals surface area contributed by atoms with Crippen LogP contribution in [-0.2, 0) is 4.79 Å². The highest BCUT2D eigenvalue weighted by atomic mass is 19.4. The van der Waals surface area contributed by atoms with Crippen molar-refractivity contribution in [3.8, 4) is 0 Å². The smallest absolute Gasteiger partial charge is 0.389 e. The lowest BCUT2D eigenvalue weighted by atomic mass is 10.1. The topological polar surface area (TPSA) is 78.4 Å². The van der Waals surface area contributed by atoms with Crippen molar-refractivity contribution in [2.24, 2.45) is 5.92 Å². The number of unbranched alkanes of at least 4 members (excludes halogenated alkanes) is 1. The van der Waals surface area contributed by atoms with Crippen LogP contribution >= 0.6 is 0 Å². The minimum atomic E-state index is -4.15. The highest BCUT2D eigenvalue weighted by molar-refractivity contribution is 5.75. The van der Waals surface area contributed by atoms with E-state index in [-0.39, 0.29) is 25.4 Å². The van der Waals surface area contributed by atoms with Crippen molar-refractivity contribution in [1.29, 1.82) is 0 Å². The molecule has 5 nitrogen and oxygen atoms in total. The normalized spacial score (nSPS) is 22.6. The Kier molecular flexibility index (Phi) is 6.09. The Hall–Kier alpha value is -1.47. The molecule has 0 radical (unpaired) electrons. The van der Waals surface area contributed by atoms with Gasteiger partial charge in [0.05, 0.1) is 5.92 Å². The van der Waals surface area contributed by atoms with Gasteiger partial charge in [0.2, 0.25) is 0 Å². The molecule has 20 heavy (non-hydrogen) atoms. The molecule has 0 heterocycles. The first-order valence-electron chi connectivity index (χ1n) is 6.62. The Morgan fingerprint density at radius 1 is 1.20 bits per heavy atom. The van der Waals surface area contributed by atoms with E-state index in [1.54, 1.807) is 0 Å². The lowest BCUT2D eigenvalue weighted by molar-refractivity contribution is -0.141. The average molecular weight is 296 g/mol. The molecule has 0 aromatic rings. The molecule has 1 rings (SSSR count). The third-order valence-corrected chi connectivity index (χ3v) is 3.29. The first kappa shape index (κ1) is 16.6. The Morgan fingerprint density at radius 3 is 2.45 bits per heavy atom. The van der Waals surface area contributed by atoms with Crippen LogP contribution in [0, 0.1) is 5.92 Å². The number of rotatable bonds is 6. The maximum absolute atomic E-state index is 11.9. The van der Waals surface area contributed by atoms with E-state index in [1.807, 2.05) is 0 Å². The van der Waals surface area contributed by atoms with E-state index in [1.165, 1.54) is 0 Å². The fourth-order valence-corrected chi connectivity index (χ4v) is 2.23. The first-order chi connectivity index (χ1) is 9.28. The van der Waals surface area contributed by atoms with Crippen molar-refractivity contribution in [2.45, 2.75) is 50.7 Å². The molecule has 0 unspecified atom stereocenters. The Bertz CT molecular complexity index is 347. The molecule has 116 valence electrons. The summed E-state index contributed by atoms with van der Waals surface area (Å²) in [5.74, 6) is -1.28. The Labute approximate surface area is 114 Å². The van der Waals surface area contributed by atoms with Crippen LogP contribution in [0.4, 0.5) is 18.0 Å². The lowest BCUT2D eigenvalue weighted by Crippen LogP contribution is -2.41. The number of nitrogens with one attached hydrogen (secondary N) is 2. The number of carboxylic acids is 1. The summed E-state index contributed by atoms with van der Waals surface area (Å²) in [5.41, 5.74) is 0. The van der Waals surface area contributed by atoms with Crippen molar-refractivity contribution in [1.82, 2.24) is 10.6 Å². The fraction of sp³-hybridized carbons (Fsp3) is 0.833. The van der Waals surface area contributed by atoms with Gasteiger partial charge in [0.25, 0.3) is 0 Å². The minimum Gasteiger partial charge on any atom is -0.481 e. The van der Waals surface area contributed by atoms with Gasteiger partial charge in [0, 0.05) is 19.0 Å². The van der Waals surface area contributed by atoms with E-state index in [0.29, 0.717) is 19.3 Å². The third kappa shape index (κ3) is 6.63. The van der Waals surface area contributed by atoms with Gasteiger partial charge in [-0.05, 0) is 32.1 Å². The van der Waals surface area contributed by atoms with Crippen molar-refractivity contribution in [2.75, 3.05) is 6.54 Å². The minimum absolute atomic E-state index is 0.0195. The third-order valence-electron chi connectivity index (χ3n) is 3.29. The van der Waals surface area contributed by atoms with E-state index in [2.05, 4.69) is 10.6 Å². The Balaban J connectivity index is 2.08. The molecule has 0 aromatic carbocycles. The van der Waals surface area contributed by atoms with E-state index in [4.69, 9.17) is 5.11 Å². The number of urea groups is 1.